The third kappa shape index (κ3) is 5.88. The first-order valence-electron chi connectivity index (χ1n) is 10.3. The Balaban J connectivity index is 1.75. The molecule has 1 fully saturated rings. The second-order valence-electron chi connectivity index (χ2n) is 7.85. The minimum Gasteiger partial charge on any atom is -0.457 e. The Kier molecular flexibility index (Phi) is 8.00. The van der Waals surface area contributed by atoms with Gasteiger partial charge in [0.1, 0.15) is 11.5 Å². The zero-order chi connectivity index (χ0) is 21.7. The lowest BCUT2D eigenvalue weighted by atomic mass is 10.1. The summed E-state index contributed by atoms with van der Waals surface area (Å²) in [6.45, 7) is 8.10. The van der Waals surface area contributed by atoms with Crippen LogP contribution >= 0.6 is 23.2 Å². The lowest BCUT2D eigenvalue weighted by Crippen LogP contribution is -2.35. The Bertz CT molecular complexity index is 889. The quantitative estimate of drug-likeness (QED) is 0.649. The van der Waals surface area contributed by atoms with Crippen molar-refractivity contribution in [2.75, 3.05) is 26.7 Å². The highest BCUT2D eigenvalue weighted by molar-refractivity contribution is 6.42. The van der Waals surface area contributed by atoms with Crippen LogP contribution in [0, 0.1) is 0 Å². The summed E-state index contributed by atoms with van der Waals surface area (Å²) in [5, 5.41) is 4.13. The van der Waals surface area contributed by atoms with Crippen molar-refractivity contribution < 1.29 is 9.53 Å². The van der Waals surface area contributed by atoms with Crippen LogP contribution in [0.15, 0.2) is 36.4 Å². The molecule has 1 aliphatic rings. The lowest BCUT2D eigenvalue weighted by Gasteiger charge is -2.25. The number of carbonyl (C=O) groups is 1. The molecule has 5 nitrogen and oxygen atoms in total. The predicted octanol–water partition coefficient (Wildman–Crippen LogP) is 4.95. The summed E-state index contributed by atoms with van der Waals surface area (Å²) >= 11 is 12.1. The fourth-order valence-corrected chi connectivity index (χ4v) is 3.90. The molecule has 30 heavy (non-hydrogen) atoms. The number of nitrogens with zero attached hydrogens (tertiary/aromatic N) is 2. The molecule has 0 spiro atoms. The summed E-state index contributed by atoms with van der Waals surface area (Å²) in [7, 11) is 1.90. The van der Waals surface area contributed by atoms with Gasteiger partial charge in [0.25, 0.3) is 0 Å². The zero-order valence-corrected chi connectivity index (χ0v) is 19.3. The topological polar surface area (TPSA) is 44.8 Å². The van der Waals surface area contributed by atoms with E-state index < -0.39 is 0 Å². The van der Waals surface area contributed by atoms with Crippen molar-refractivity contribution in [3.8, 4) is 11.5 Å². The molecule has 0 saturated carbocycles. The number of ether oxygens (including phenoxy) is 1. The van der Waals surface area contributed by atoms with Crippen molar-refractivity contribution in [2.24, 2.45) is 0 Å². The third-order valence-corrected chi connectivity index (χ3v) is 6.08. The van der Waals surface area contributed by atoms with E-state index in [4.69, 9.17) is 27.9 Å². The Morgan fingerprint density at radius 1 is 1.07 bits per heavy atom. The zero-order valence-electron chi connectivity index (χ0n) is 17.8. The fraction of sp³-hybridized carbons (Fsp3) is 0.435. The number of hydrogen-bond acceptors (Lipinski definition) is 4. The van der Waals surface area contributed by atoms with Gasteiger partial charge in [-0.2, -0.15) is 0 Å². The summed E-state index contributed by atoms with van der Waals surface area (Å²) < 4.78 is 6.05. The third-order valence-electron chi connectivity index (χ3n) is 5.34. The molecule has 0 radical (unpaired) electrons. The van der Waals surface area contributed by atoms with E-state index in [1.54, 1.807) is 18.2 Å². The average Bonchev–Trinajstić information content (AvgIpc) is 2.89. The van der Waals surface area contributed by atoms with Crippen LogP contribution in [0.5, 0.6) is 11.5 Å². The second kappa shape index (κ2) is 10.5. The first-order valence-corrected chi connectivity index (χ1v) is 11.0. The van der Waals surface area contributed by atoms with Crippen LogP contribution in [0.25, 0.3) is 0 Å². The maximum absolute atomic E-state index is 12.6. The number of amides is 1. The minimum atomic E-state index is 0.212. The number of benzene rings is 2. The number of carbonyl (C=O) groups excluding carboxylic acids is 1. The van der Waals surface area contributed by atoms with Gasteiger partial charge in [-0.15, -0.1) is 0 Å². The van der Waals surface area contributed by atoms with Gasteiger partial charge in [0.15, 0.2) is 0 Å². The van der Waals surface area contributed by atoms with E-state index in [2.05, 4.69) is 30.1 Å². The molecule has 0 aromatic heterocycles. The maximum Gasteiger partial charge on any atom is 0.224 e. The smallest absolute Gasteiger partial charge is 0.224 e. The molecule has 2 aromatic rings. The monoisotopic (exact) mass is 449 g/mol. The van der Waals surface area contributed by atoms with Gasteiger partial charge in [-0.25, -0.2) is 0 Å². The Morgan fingerprint density at radius 3 is 2.57 bits per heavy atom. The highest BCUT2D eigenvalue weighted by atomic mass is 35.5. The van der Waals surface area contributed by atoms with E-state index in [-0.39, 0.29) is 5.91 Å². The van der Waals surface area contributed by atoms with Crippen molar-refractivity contribution in [1.82, 2.24) is 15.1 Å². The van der Waals surface area contributed by atoms with E-state index in [0.29, 0.717) is 41.3 Å². The molecule has 1 saturated heterocycles. The molecular formula is C23H29Cl2N3O2. The van der Waals surface area contributed by atoms with E-state index in [1.165, 1.54) is 0 Å². The normalized spacial score (nSPS) is 15.5. The van der Waals surface area contributed by atoms with Crippen molar-refractivity contribution in [3.63, 3.8) is 0 Å². The molecule has 1 aliphatic heterocycles. The lowest BCUT2D eigenvalue weighted by molar-refractivity contribution is -0.130. The number of nitrogens with one attached hydrogen (secondary N) is 1. The van der Waals surface area contributed by atoms with Crippen molar-refractivity contribution in [1.29, 1.82) is 0 Å². The van der Waals surface area contributed by atoms with Gasteiger partial charge in [0.05, 0.1) is 10.0 Å². The number of hydrogen-bond donors (Lipinski definition) is 1. The summed E-state index contributed by atoms with van der Waals surface area (Å²) in [4.78, 5) is 16.9. The molecule has 1 amide bonds. The molecular weight excluding hydrogens is 421 g/mol. The molecule has 0 aliphatic carbocycles. The standard InChI is InChI=1S/C23H29Cl2N3O2/c1-16(2)27-9-8-23(29)28(11-10-27)15-17-4-7-22(18(12-17)14-26-3)30-19-5-6-20(24)21(25)13-19/h4-7,12-13,16,26H,8-11,14-15H2,1-3H3. The van der Waals surface area contributed by atoms with Crippen LogP contribution in [0.3, 0.4) is 0 Å². The average molecular weight is 450 g/mol. The SMILES string of the molecule is CNCc1cc(CN2CCN(C(C)C)CCC2=O)ccc1Oc1ccc(Cl)c(Cl)c1. The van der Waals surface area contributed by atoms with Crippen LogP contribution in [-0.2, 0) is 17.9 Å². The Hall–Kier alpha value is -1.79. The Morgan fingerprint density at radius 2 is 1.87 bits per heavy atom. The van der Waals surface area contributed by atoms with Crippen LogP contribution in [-0.4, -0.2) is 48.4 Å². The van der Waals surface area contributed by atoms with E-state index >= 15 is 0 Å². The number of rotatable bonds is 7. The number of halogens is 2. The maximum atomic E-state index is 12.6. The molecule has 1 heterocycles. The molecule has 2 aromatic carbocycles. The van der Waals surface area contributed by atoms with Crippen LogP contribution in [0.2, 0.25) is 10.0 Å². The molecule has 1 N–H and O–H groups in total. The minimum absolute atomic E-state index is 0.212. The van der Waals surface area contributed by atoms with Crippen LogP contribution in [0.4, 0.5) is 0 Å². The highest BCUT2D eigenvalue weighted by Gasteiger charge is 2.22. The largest absolute Gasteiger partial charge is 0.457 e. The molecule has 3 rings (SSSR count). The summed E-state index contributed by atoms with van der Waals surface area (Å²) in [5.41, 5.74) is 2.11. The first kappa shape index (κ1) is 22.9. The molecule has 0 unspecified atom stereocenters. The van der Waals surface area contributed by atoms with Gasteiger partial charge >= 0.3 is 0 Å². The van der Waals surface area contributed by atoms with Gasteiger partial charge < -0.3 is 15.0 Å². The van der Waals surface area contributed by atoms with Crippen molar-refractivity contribution >= 4 is 29.1 Å². The first-order chi connectivity index (χ1) is 14.4. The Labute approximate surface area is 188 Å². The molecule has 162 valence electrons. The molecule has 0 atom stereocenters. The van der Waals surface area contributed by atoms with Gasteiger partial charge in [0.2, 0.25) is 5.91 Å². The van der Waals surface area contributed by atoms with Crippen LogP contribution in [0.1, 0.15) is 31.4 Å². The van der Waals surface area contributed by atoms with E-state index in [1.807, 2.05) is 24.1 Å². The summed E-state index contributed by atoms with van der Waals surface area (Å²) in [6.07, 6.45) is 0.570. The summed E-state index contributed by atoms with van der Waals surface area (Å²) in [6, 6.07) is 11.7. The summed E-state index contributed by atoms with van der Waals surface area (Å²) in [5.74, 6) is 1.59. The molecule has 7 heteroatoms. The predicted molar refractivity (Wildman–Crippen MR) is 122 cm³/mol. The molecule has 0 bridgehead atoms. The van der Waals surface area contributed by atoms with Crippen molar-refractivity contribution in [3.05, 3.63) is 57.6 Å². The second-order valence-corrected chi connectivity index (χ2v) is 8.66. The van der Waals surface area contributed by atoms with Gasteiger partial charge in [-0.3, -0.25) is 9.69 Å². The van der Waals surface area contributed by atoms with E-state index in [0.717, 1.165) is 36.5 Å². The highest BCUT2D eigenvalue weighted by Crippen LogP contribution is 2.31. The van der Waals surface area contributed by atoms with Gasteiger partial charge in [-0.05, 0) is 50.7 Å². The van der Waals surface area contributed by atoms with Gasteiger partial charge in [0, 0.05) is 56.8 Å². The van der Waals surface area contributed by atoms with E-state index in [9.17, 15) is 4.79 Å². The van der Waals surface area contributed by atoms with Crippen LogP contribution < -0.4 is 10.1 Å². The van der Waals surface area contributed by atoms with Gasteiger partial charge in [-0.1, -0.05) is 29.3 Å². The fourth-order valence-electron chi connectivity index (χ4n) is 3.61. The van der Waals surface area contributed by atoms with Crippen molar-refractivity contribution in [2.45, 2.75) is 39.4 Å².